The molecule has 3 rings (SSSR count). The van der Waals surface area contributed by atoms with E-state index in [0.717, 1.165) is 16.8 Å². The van der Waals surface area contributed by atoms with E-state index >= 15 is 0 Å². The fourth-order valence-electron chi connectivity index (χ4n) is 3.44. The minimum absolute atomic E-state index is 0.0212. The van der Waals surface area contributed by atoms with Crippen LogP contribution in [0.25, 0.3) is 0 Å². The lowest BCUT2D eigenvalue weighted by Gasteiger charge is -2.24. The molecule has 0 amide bonds. The Kier molecular flexibility index (Phi) is 6.83. The number of aromatic carboxylic acids is 1. The molecule has 1 aromatic heterocycles. The van der Waals surface area contributed by atoms with E-state index in [1.807, 2.05) is 62.4 Å². The van der Waals surface area contributed by atoms with Gasteiger partial charge in [0, 0.05) is 22.8 Å². The lowest BCUT2D eigenvalue weighted by atomic mass is 9.97. The van der Waals surface area contributed by atoms with Gasteiger partial charge in [-0.3, -0.25) is 4.99 Å². The normalized spacial score (nSPS) is 13.1. The van der Waals surface area contributed by atoms with Gasteiger partial charge in [-0.05, 0) is 47.7 Å². The molecule has 2 aromatic carbocycles. The first-order chi connectivity index (χ1) is 13.8. The van der Waals surface area contributed by atoms with Crippen LogP contribution < -0.4 is 4.80 Å². The molecule has 0 aliphatic carbocycles. The Morgan fingerprint density at radius 2 is 1.62 bits per heavy atom. The van der Waals surface area contributed by atoms with Gasteiger partial charge in [0.25, 0.3) is 0 Å². The van der Waals surface area contributed by atoms with E-state index in [1.165, 1.54) is 11.3 Å². The minimum Gasteiger partial charge on any atom is -0.477 e. The average molecular weight is 449 g/mol. The Labute approximate surface area is 184 Å². The first-order valence-corrected chi connectivity index (χ1v) is 10.8. The van der Waals surface area contributed by atoms with E-state index in [-0.39, 0.29) is 12.0 Å². The molecule has 0 unspecified atom stereocenters. The molecule has 1 heterocycles. The second-order valence-electron chi connectivity index (χ2n) is 7.05. The number of carboxylic acid groups (broad SMARTS) is 1. The van der Waals surface area contributed by atoms with Crippen molar-refractivity contribution in [2.24, 2.45) is 4.99 Å². The first kappa shape index (κ1) is 21.6. The lowest BCUT2D eigenvalue weighted by Crippen LogP contribution is -2.26. The van der Waals surface area contributed by atoms with Gasteiger partial charge in [-0.1, -0.05) is 72.7 Å². The van der Waals surface area contributed by atoms with Gasteiger partial charge in [0.15, 0.2) is 4.80 Å². The van der Waals surface area contributed by atoms with Crippen LogP contribution in [0.2, 0.25) is 10.0 Å². The predicted molar refractivity (Wildman–Crippen MR) is 120 cm³/mol. The summed E-state index contributed by atoms with van der Waals surface area (Å²) in [6.45, 7) is 4.01. The van der Waals surface area contributed by atoms with Crippen LogP contribution in [0.4, 0.5) is 0 Å². The number of halogens is 2. The molecule has 0 saturated heterocycles. The van der Waals surface area contributed by atoms with Crippen LogP contribution in [-0.4, -0.2) is 22.7 Å². The number of rotatable bonds is 6. The topological polar surface area (TPSA) is 54.6 Å². The van der Waals surface area contributed by atoms with Crippen molar-refractivity contribution >= 4 is 40.5 Å². The van der Waals surface area contributed by atoms with Gasteiger partial charge >= 0.3 is 5.97 Å². The molecule has 0 bridgehead atoms. The van der Waals surface area contributed by atoms with Crippen LogP contribution >= 0.6 is 34.5 Å². The van der Waals surface area contributed by atoms with Gasteiger partial charge in [0.2, 0.25) is 0 Å². The van der Waals surface area contributed by atoms with Crippen molar-refractivity contribution in [3.63, 3.8) is 0 Å². The summed E-state index contributed by atoms with van der Waals surface area (Å²) in [5.74, 6) is -0.906. The van der Waals surface area contributed by atoms with Gasteiger partial charge in [0.1, 0.15) is 4.88 Å². The van der Waals surface area contributed by atoms with Crippen molar-refractivity contribution in [1.82, 2.24) is 4.57 Å². The first-order valence-electron chi connectivity index (χ1n) is 9.23. The zero-order chi connectivity index (χ0) is 21.1. The highest BCUT2D eigenvalue weighted by Crippen LogP contribution is 2.31. The van der Waals surface area contributed by atoms with E-state index < -0.39 is 5.97 Å². The molecule has 29 heavy (non-hydrogen) atoms. The third kappa shape index (κ3) is 4.74. The molecule has 0 aliphatic rings. The molecular weight excluding hydrogens is 427 g/mol. The van der Waals surface area contributed by atoms with Crippen molar-refractivity contribution in [2.75, 3.05) is 7.05 Å². The molecular formula is C22H22Cl2N2O2S. The molecule has 3 aromatic rings. The summed E-state index contributed by atoms with van der Waals surface area (Å²) in [6, 6.07) is 15.3. The zero-order valence-electron chi connectivity index (χ0n) is 16.4. The quantitative estimate of drug-likeness (QED) is 0.499. The minimum atomic E-state index is -0.927. The molecule has 1 atom stereocenters. The van der Waals surface area contributed by atoms with Crippen molar-refractivity contribution < 1.29 is 9.90 Å². The summed E-state index contributed by atoms with van der Waals surface area (Å²) >= 11 is 13.4. The highest BCUT2D eigenvalue weighted by atomic mass is 35.5. The van der Waals surface area contributed by atoms with Crippen LogP contribution in [0.1, 0.15) is 52.3 Å². The van der Waals surface area contributed by atoms with Crippen molar-refractivity contribution in [2.45, 2.75) is 32.2 Å². The van der Waals surface area contributed by atoms with Gasteiger partial charge < -0.3 is 9.67 Å². The van der Waals surface area contributed by atoms with E-state index in [9.17, 15) is 9.90 Å². The van der Waals surface area contributed by atoms with Crippen molar-refractivity contribution in [3.05, 3.63) is 85.1 Å². The third-order valence-electron chi connectivity index (χ3n) is 4.73. The molecule has 0 saturated carbocycles. The number of carboxylic acids is 1. The predicted octanol–water partition coefficient (Wildman–Crippen LogP) is 6.04. The highest BCUT2D eigenvalue weighted by Gasteiger charge is 2.27. The van der Waals surface area contributed by atoms with Crippen LogP contribution in [0.3, 0.4) is 0 Å². The maximum absolute atomic E-state index is 11.9. The second-order valence-corrected chi connectivity index (χ2v) is 8.90. The number of benzene rings is 2. The van der Waals surface area contributed by atoms with Crippen molar-refractivity contribution in [3.8, 4) is 0 Å². The number of aromatic nitrogens is 1. The third-order valence-corrected chi connectivity index (χ3v) is 6.39. The molecule has 0 aliphatic heterocycles. The lowest BCUT2D eigenvalue weighted by molar-refractivity contribution is 0.0699. The van der Waals surface area contributed by atoms with Gasteiger partial charge in [-0.2, -0.15) is 0 Å². The SMILES string of the molecule is C/N=c1/sc(C(=O)O)c(C(C)C)n1[C@@H](Cc1ccc(Cl)cc1)c1ccc(Cl)cc1. The largest absolute Gasteiger partial charge is 0.477 e. The number of hydrogen-bond donors (Lipinski definition) is 1. The standard InChI is InChI=1S/C22H22Cl2N2O2S/c1-13(2)19-20(21(27)28)29-22(25-3)26(19)18(15-6-10-17(24)11-7-15)12-14-4-8-16(23)9-5-14/h4-11,13,18H,12H2,1-3H3,(H,27,28)/b25-22+/t18-/m0/s1. The van der Waals surface area contributed by atoms with E-state index in [4.69, 9.17) is 23.2 Å². The smallest absolute Gasteiger partial charge is 0.347 e. The summed E-state index contributed by atoms with van der Waals surface area (Å²) in [4.78, 5) is 17.3. The van der Waals surface area contributed by atoms with E-state index in [1.54, 1.807) is 7.05 Å². The maximum atomic E-state index is 11.9. The fourth-order valence-corrected chi connectivity index (χ4v) is 4.82. The summed E-state index contributed by atoms with van der Waals surface area (Å²) < 4.78 is 2.07. The molecule has 152 valence electrons. The average Bonchev–Trinajstić information content (AvgIpc) is 3.08. The Balaban J connectivity index is 2.24. The maximum Gasteiger partial charge on any atom is 0.347 e. The van der Waals surface area contributed by atoms with Gasteiger partial charge in [0.05, 0.1) is 6.04 Å². The summed E-state index contributed by atoms with van der Waals surface area (Å²) in [5, 5.41) is 11.1. The Morgan fingerprint density at radius 3 is 2.10 bits per heavy atom. The summed E-state index contributed by atoms with van der Waals surface area (Å²) in [5.41, 5.74) is 2.91. The molecule has 4 nitrogen and oxygen atoms in total. The van der Waals surface area contributed by atoms with E-state index in [0.29, 0.717) is 26.1 Å². The number of hydrogen-bond acceptors (Lipinski definition) is 3. The number of carbonyl (C=O) groups is 1. The Morgan fingerprint density at radius 1 is 1.07 bits per heavy atom. The molecule has 0 spiro atoms. The van der Waals surface area contributed by atoms with Crippen LogP contribution in [0, 0.1) is 0 Å². The highest BCUT2D eigenvalue weighted by molar-refractivity contribution is 7.11. The molecule has 7 heteroatoms. The number of nitrogens with zero attached hydrogens (tertiary/aromatic N) is 2. The number of thiazole rings is 1. The molecule has 0 radical (unpaired) electrons. The van der Waals surface area contributed by atoms with Crippen LogP contribution in [0.15, 0.2) is 53.5 Å². The summed E-state index contributed by atoms with van der Waals surface area (Å²) in [7, 11) is 1.69. The van der Waals surface area contributed by atoms with Gasteiger partial charge in [-0.15, -0.1) is 0 Å². The molecule has 0 fully saturated rings. The van der Waals surface area contributed by atoms with Gasteiger partial charge in [-0.25, -0.2) is 4.79 Å². The Bertz CT molecular complexity index is 1070. The monoisotopic (exact) mass is 448 g/mol. The fraction of sp³-hybridized carbons (Fsp3) is 0.273. The van der Waals surface area contributed by atoms with Crippen LogP contribution in [-0.2, 0) is 6.42 Å². The summed E-state index contributed by atoms with van der Waals surface area (Å²) in [6.07, 6.45) is 0.668. The second kappa shape index (κ2) is 9.16. The Hall–Kier alpha value is -2.08. The van der Waals surface area contributed by atoms with Crippen molar-refractivity contribution in [1.29, 1.82) is 0 Å². The van der Waals surface area contributed by atoms with E-state index in [2.05, 4.69) is 9.56 Å². The van der Waals surface area contributed by atoms with Crippen LogP contribution in [0.5, 0.6) is 0 Å². The zero-order valence-corrected chi connectivity index (χ0v) is 18.7. The molecule has 1 N–H and O–H groups in total.